The fraction of sp³-hybridized carbons (Fsp3) is 0.0196. The molecule has 0 saturated carbocycles. The van der Waals surface area contributed by atoms with Crippen LogP contribution in [-0.4, -0.2) is 0 Å². The number of rotatable bonds is 3. The van der Waals surface area contributed by atoms with Crippen molar-refractivity contribution in [2.24, 2.45) is 0 Å². The summed E-state index contributed by atoms with van der Waals surface area (Å²) in [5.41, 5.74) is 5.29. The van der Waals surface area contributed by atoms with Crippen LogP contribution >= 0.6 is 0 Å². The lowest BCUT2D eigenvalue weighted by molar-refractivity contribution is 1.19. The van der Waals surface area contributed by atoms with Gasteiger partial charge in [-0.15, -0.1) is 0 Å². The quantitative estimate of drug-likeness (QED) is 0.0781. The SMILES string of the molecule is N.N.N.N.N.N.N.N.N.N.N.N.N.N.N.N.N.N.N.N.c1ccc(-c2ccccc2)cc1.c1ccc(Cc2ccccc2)cc1.c1ccc2ccccc2c1.c1ccc2ccccc2c1.c1ccccc1. The zero-order valence-electron chi connectivity index (χ0n) is 43.1. The average Bonchev–Trinajstić information content (AvgIpc) is 3.24. The molecule has 0 heterocycles. The normalized spacial score (nSPS) is 6.93. The lowest BCUT2D eigenvalue weighted by Gasteiger charge is -2.00. The van der Waals surface area contributed by atoms with Crippen molar-refractivity contribution in [3.05, 3.63) is 266 Å². The lowest BCUT2D eigenvalue weighted by Crippen LogP contribution is -1.85. The third-order valence-electron chi connectivity index (χ3n) is 7.96. The van der Waals surface area contributed by atoms with Crippen molar-refractivity contribution >= 4 is 21.5 Å². The zero-order valence-corrected chi connectivity index (χ0v) is 43.1. The van der Waals surface area contributed by atoms with Gasteiger partial charge in [0.15, 0.2) is 0 Å². The Kier molecular flexibility index (Phi) is 104. The van der Waals surface area contributed by atoms with Gasteiger partial charge in [-0.25, -0.2) is 0 Å². The molecule has 0 unspecified atom stereocenters. The molecule has 408 valence electrons. The highest BCUT2D eigenvalue weighted by molar-refractivity contribution is 5.82. The molecule has 0 atom stereocenters. The maximum Gasteiger partial charge on any atom is -0.00258 e. The molecular formula is C51H104N20. The first kappa shape index (κ1) is 110. The zero-order chi connectivity index (χ0) is 35.0. The Morgan fingerprint density at radius 1 is 0.141 bits per heavy atom. The third-order valence-corrected chi connectivity index (χ3v) is 7.96. The van der Waals surface area contributed by atoms with Crippen molar-refractivity contribution < 1.29 is 0 Å². The van der Waals surface area contributed by atoms with Gasteiger partial charge in [0.2, 0.25) is 0 Å². The topological polar surface area (TPSA) is 700 Å². The minimum atomic E-state index is 0. The molecule has 0 fully saturated rings. The Morgan fingerprint density at radius 2 is 0.268 bits per heavy atom. The van der Waals surface area contributed by atoms with E-state index in [1.165, 1.54) is 43.8 Å². The summed E-state index contributed by atoms with van der Waals surface area (Å²) >= 11 is 0. The summed E-state index contributed by atoms with van der Waals surface area (Å²) < 4.78 is 0. The van der Waals surface area contributed by atoms with Gasteiger partial charge in [0.25, 0.3) is 0 Å². The maximum absolute atomic E-state index is 2.16. The Labute approximate surface area is 426 Å². The third kappa shape index (κ3) is 41.4. The smallest absolute Gasteiger partial charge is 0.00258 e. The van der Waals surface area contributed by atoms with Gasteiger partial charge < -0.3 is 123 Å². The molecule has 0 amide bonds. The summed E-state index contributed by atoms with van der Waals surface area (Å²) in [7, 11) is 0. The van der Waals surface area contributed by atoms with Crippen molar-refractivity contribution in [1.29, 1.82) is 0 Å². The minimum Gasteiger partial charge on any atom is -0.344 e. The summed E-state index contributed by atoms with van der Waals surface area (Å²) in [5.74, 6) is 0. The first-order chi connectivity index (χ1) is 25.3. The Balaban J connectivity index is -0.0000000359. The van der Waals surface area contributed by atoms with Gasteiger partial charge in [-0.3, -0.25) is 0 Å². The van der Waals surface area contributed by atoms with E-state index >= 15 is 0 Å². The minimum absolute atomic E-state index is 0. The summed E-state index contributed by atoms with van der Waals surface area (Å²) in [5, 5.41) is 5.24. The molecule has 9 aromatic carbocycles. The van der Waals surface area contributed by atoms with Crippen LogP contribution in [0.25, 0.3) is 32.7 Å². The van der Waals surface area contributed by atoms with E-state index in [-0.39, 0.29) is 123 Å². The second-order valence-electron chi connectivity index (χ2n) is 11.7. The van der Waals surface area contributed by atoms with Crippen molar-refractivity contribution in [1.82, 2.24) is 123 Å². The first-order valence-corrected chi connectivity index (χ1v) is 17.4. The Bertz CT molecular complexity index is 1950. The van der Waals surface area contributed by atoms with E-state index in [0.29, 0.717) is 0 Å². The van der Waals surface area contributed by atoms with Crippen molar-refractivity contribution in [3.63, 3.8) is 0 Å². The highest BCUT2D eigenvalue weighted by Crippen LogP contribution is 2.17. The van der Waals surface area contributed by atoms with Crippen LogP contribution < -0.4 is 123 Å². The molecule has 9 rings (SSSR count). The van der Waals surface area contributed by atoms with Crippen molar-refractivity contribution in [2.75, 3.05) is 0 Å². The van der Waals surface area contributed by atoms with Crippen LogP contribution in [0, 0.1) is 0 Å². The van der Waals surface area contributed by atoms with Crippen molar-refractivity contribution in [3.8, 4) is 11.1 Å². The molecule has 0 bridgehead atoms. The number of benzene rings is 9. The molecule has 0 aromatic heterocycles. The molecule has 0 aliphatic heterocycles. The Morgan fingerprint density at radius 3 is 0.437 bits per heavy atom. The Hall–Kier alpha value is -7.30. The molecule has 0 aliphatic carbocycles. The van der Waals surface area contributed by atoms with E-state index in [1.807, 2.05) is 48.5 Å². The predicted octanol–water partition coefficient (Wildman–Crippen LogP) is 17.2. The van der Waals surface area contributed by atoms with Crippen LogP contribution in [0.4, 0.5) is 0 Å². The van der Waals surface area contributed by atoms with Crippen LogP contribution in [0.1, 0.15) is 11.1 Å². The highest BCUT2D eigenvalue weighted by Gasteiger charge is 1.93. The van der Waals surface area contributed by atoms with E-state index < -0.39 is 0 Å². The van der Waals surface area contributed by atoms with E-state index in [4.69, 9.17) is 0 Å². The van der Waals surface area contributed by atoms with Gasteiger partial charge >= 0.3 is 0 Å². The fourth-order valence-corrected chi connectivity index (χ4v) is 5.34. The van der Waals surface area contributed by atoms with Crippen LogP contribution in [-0.2, 0) is 6.42 Å². The maximum atomic E-state index is 2.16. The molecule has 0 saturated heterocycles. The molecule has 0 aliphatic rings. The second kappa shape index (κ2) is 67.0. The monoisotopic (exact) mass is 997 g/mol. The van der Waals surface area contributed by atoms with Gasteiger partial charge in [0.05, 0.1) is 0 Å². The average molecular weight is 998 g/mol. The van der Waals surface area contributed by atoms with Gasteiger partial charge in [0, 0.05) is 0 Å². The molecule has 20 heteroatoms. The fourth-order valence-electron chi connectivity index (χ4n) is 5.34. The second-order valence-corrected chi connectivity index (χ2v) is 11.7. The lowest BCUT2D eigenvalue weighted by atomic mass is 10.1. The molecule has 60 N–H and O–H groups in total. The molecule has 9 aromatic rings. The standard InChI is InChI=1S/C13H12.C12H10.2C10H8.C6H6.20H3N/c1-3-7-12(8-4-1)11-13-9-5-2-6-10-13;1-3-7-11(8-4-1)12-9-5-2-6-10-12;2*1-2-6-10-8-4-3-7-9(10)5-1;1-2-4-6-5-3-1;;;;;;;;;;;;;;;;;;;;/h1-10H,11H2;1-10H;2*1-8H;1-6H;20*1H3. The molecular weight excluding hydrogens is 893 g/mol. The molecule has 71 heavy (non-hydrogen) atoms. The van der Waals surface area contributed by atoms with Gasteiger partial charge in [0.1, 0.15) is 0 Å². The van der Waals surface area contributed by atoms with E-state index in [2.05, 4.69) is 206 Å². The first-order valence-electron chi connectivity index (χ1n) is 17.4. The van der Waals surface area contributed by atoms with Crippen LogP contribution in [0.2, 0.25) is 0 Å². The molecule has 0 spiro atoms. The number of hydrogen-bond donors (Lipinski definition) is 20. The molecule has 20 nitrogen and oxygen atoms in total. The number of hydrogen-bond acceptors (Lipinski definition) is 20. The van der Waals surface area contributed by atoms with E-state index in [0.717, 1.165) is 6.42 Å². The van der Waals surface area contributed by atoms with Gasteiger partial charge in [-0.05, 0) is 50.2 Å². The molecule has 0 radical (unpaired) electrons. The predicted molar refractivity (Wildman–Crippen MR) is 322 cm³/mol. The summed E-state index contributed by atoms with van der Waals surface area (Å²) in [6.45, 7) is 0. The summed E-state index contributed by atoms with van der Waals surface area (Å²) in [4.78, 5) is 0. The largest absolute Gasteiger partial charge is 0.344 e. The van der Waals surface area contributed by atoms with Crippen LogP contribution in [0.3, 0.4) is 0 Å². The van der Waals surface area contributed by atoms with Crippen molar-refractivity contribution in [2.45, 2.75) is 6.42 Å². The number of fused-ring (bicyclic) bond motifs is 2. The summed E-state index contributed by atoms with van der Waals surface area (Å²) in [6.07, 6.45) is 1.03. The highest BCUT2D eigenvalue weighted by atomic mass is 14.0. The van der Waals surface area contributed by atoms with E-state index in [1.54, 1.807) is 0 Å². The summed E-state index contributed by atoms with van der Waals surface area (Å²) in [6, 6.07) is 87.3. The van der Waals surface area contributed by atoms with Crippen LogP contribution in [0.15, 0.2) is 255 Å². The van der Waals surface area contributed by atoms with E-state index in [9.17, 15) is 0 Å². The van der Waals surface area contributed by atoms with Gasteiger partial charge in [-0.2, -0.15) is 0 Å². The van der Waals surface area contributed by atoms with Gasteiger partial charge in [-0.1, -0.05) is 255 Å². The van der Waals surface area contributed by atoms with Crippen LogP contribution in [0.5, 0.6) is 0 Å².